The molecule has 5 atom stereocenters. The lowest BCUT2D eigenvalue weighted by atomic mass is 9.88. The SMILES string of the molecule is CCC(CC)(CC1OC(n2ccc3c(=O)[nH]c(N)nc32)C(O)C1O)OP(=O)(O)C(O)(CC)CC. The van der Waals surface area contributed by atoms with Crippen LogP contribution in [0.25, 0.3) is 11.0 Å². The van der Waals surface area contributed by atoms with Crippen molar-refractivity contribution in [2.75, 3.05) is 5.73 Å². The lowest BCUT2D eigenvalue weighted by Gasteiger charge is -2.40. The minimum Gasteiger partial charge on any atom is -0.388 e. The van der Waals surface area contributed by atoms with Gasteiger partial charge in [0.1, 0.15) is 12.2 Å². The normalized spacial score (nSPS) is 25.6. The smallest absolute Gasteiger partial charge is 0.359 e. The Bertz CT molecular complexity index is 1110. The monoisotopic (exact) mass is 502 g/mol. The van der Waals surface area contributed by atoms with Gasteiger partial charge in [0.15, 0.2) is 17.2 Å². The molecular weight excluding hydrogens is 467 g/mol. The zero-order valence-corrected chi connectivity index (χ0v) is 20.7. The molecule has 2 aromatic rings. The van der Waals surface area contributed by atoms with Crippen molar-refractivity contribution in [1.29, 1.82) is 0 Å². The standard InChI is InChI=1S/C21H35N4O8P/c1-5-20(6-2,33-34(30,31)21(29,7-3)8-4)11-13-14(26)15(27)18(32-13)25-10-9-12-16(25)23-19(22)24-17(12)28/h9-10,13-15,18,26-27,29H,5-8,11H2,1-4H3,(H,30,31)(H3,22,23,24,28). The van der Waals surface area contributed by atoms with E-state index in [1.807, 2.05) is 0 Å². The minimum atomic E-state index is -4.48. The maximum atomic E-state index is 13.1. The highest BCUT2D eigenvalue weighted by atomic mass is 31.2. The first-order valence-electron chi connectivity index (χ1n) is 11.5. The Morgan fingerprint density at radius 3 is 2.38 bits per heavy atom. The van der Waals surface area contributed by atoms with E-state index in [4.69, 9.17) is 15.0 Å². The van der Waals surface area contributed by atoms with E-state index in [9.17, 15) is 29.6 Å². The molecule has 3 rings (SSSR count). The van der Waals surface area contributed by atoms with Gasteiger partial charge in [-0.2, -0.15) is 4.98 Å². The first-order valence-corrected chi connectivity index (χ1v) is 13.1. The highest BCUT2D eigenvalue weighted by Gasteiger charge is 2.52. The zero-order valence-electron chi connectivity index (χ0n) is 19.8. The summed E-state index contributed by atoms with van der Waals surface area (Å²) in [6, 6.07) is 1.50. The van der Waals surface area contributed by atoms with E-state index >= 15 is 0 Å². The summed E-state index contributed by atoms with van der Waals surface area (Å²) in [5, 5.41) is 30.5. The molecule has 7 N–H and O–H groups in total. The fourth-order valence-electron chi connectivity index (χ4n) is 4.46. The number of H-pyrrole nitrogens is 1. The lowest BCUT2D eigenvalue weighted by molar-refractivity contribution is -0.0760. The van der Waals surface area contributed by atoms with Crippen LogP contribution in [0.4, 0.5) is 5.95 Å². The second-order valence-corrected chi connectivity index (χ2v) is 10.9. The molecular formula is C21H35N4O8P. The quantitative estimate of drug-likeness (QED) is 0.260. The summed E-state index contributed by atoms with van der Waals surface area (Å²) in [5.74, 6) is -0.107. The van der Waals surface area contributed by atoms with E-state index in [2.05, 4.69) is 9.97 Å². The first-order chi connectivity index (χ1) is 15.9. The Hall–Kier alpha value is -1.79. The number of aliphatic hydroxyl groups is 3. The topological polar surface area (TPSA) is 193 Å². The molecule has 0 saturated carbocycles. The minimum absolute atomic E-state index is 0.0157. The Kier molecular flexibility index (Phi) is 7.64. The number of aliphatic hydroxyl groups excluding tert-OH is 2. The van der Waals surface area contributed by atoms with E-state index < -0.39 is 48.6 Å². The van der Waals surface area contributed by atoms with Crippen LogP contribution in [-0.4, -0.2) is 64.0 Å². The number of aromatic nitrogens is 3. The van der Waals surface area contributed by atoms with Crippen LogP contribution < -0.4 is 11.3 Å². The van der Waals surface area contributed by atoms with Crippen LogP contribution >= 0.6 is 7.60 Å². The molecule has 0 aromatic carbocycles. The Labute approximate surface area is 197 Å². The number of anilines is 1. The summed E-state index contributed by atoms with van der Waals surface area (Å²) >= 11 is 0. The third-order valence-electron chi connectivity index (χ3n) is 7.05. The molecule has 1 aliphatic rings. The van der Waals surface area contributed by atoms with Crippen LogP contribution in [0.2, 0.25) is 0 Å². The van der Waals surface area contributed by atoms with Crippen LogP contribution in [0.15, 0.2) is 17.1 Å². The van der Waals surface area contributed by atoms with Crippen molar-refractivity contribution in [3.8, 4) is 0 Å². The number of nitrogens with one attached hydrogen (secondary N) is 1. The number of nitrogen functional groups attached to an aromatic ring is 1. The Morgan fingerprint density at radius 2 is 1.82 bits per heavy atom. The summed E-state index contributed by atoms with van der Waals surface area (Å²) in [6.07, 6.45) is -2.64. The van der Waals surface area contributed by atoms with Crippen LogP contribution in [0.3, 0.4) is 0 Å². The van der Waals surface area contributed by atoms with Gasteiger partial charge in [0.2, 0.25) is 5.95 Å². The molecule has 34 heavy (non-hydrogen) atoms. The van der Waals surface area contributed by atoms with Gasteiger partial charge < -0.3 is 35.3 Å². The molecule has 2 aromatic heterocycles. The maximum absolute atomic E-state index is 13.1. The molecule has 0 amide bonds. The third-order valence-corrected chi connectivity index (χ3v) is 9.37. The van der Waals surface area contributed by atoms with Gasteiger partial charge in [-0.25, -0.2) is 0 Å². The van der Waals surface area contributed by atoms with E-state index in [0.29, 0.717) is 12.8 Å². The van der Waals surface area contributed by atoms with Crippen molar-refractivity contribution >= 4 is 24.6 Å². The van der Waals surface area contributed by atoms with Gasteiger partial charge in [0, 0.05) is 12.6 Å². The molecule has 0 radical (unpaired) electrons. The van der Waals surface area contributed by atoms with Crippen LogP contribution in [0.1, 0.15) is 66.0 Å². The number of aromatic amines is 1. The average molecular weight is 503 g/mol. The number of nitrogens with two attached hydrogens (primary N) is 1. The number of nitrogens with zero attached hydrogens (tertiary/aromatic N) is 2. The van der Waals surface area contributed by atoms with Crippen molar-refractivity contribution in [3.63, 3.8) is 0 Å². The van der Waals surface area contributed by atoms with Crippen molar-refractivity contribution < 1.29 is 34.0 Å². The summed E-state index contributed by atoms with van der Waals surface area (Å²) in [6.45, 7) is 6.75. The average Bonchev–Trinajstić information content (AvgIpc) is 3.33. The zero-order chi connectivity index (χ0) is 25.5. The van der Waals surface area contributed by atoms with Gasteiger partial charge in [-0.3, -0.25) is 18.9 Å². The van der Waals surface area contributed by atoms with Crippen LogP contribution in [-0.2, 0) is 13.8 Å². The van der Waals surface area contributed by atoms with Crippen molar-refractivity contribution in [1.82, 2.24) is 14.5 Å². The molecule has 5 unspecified atom stereocenters. The van der Waals surface area contributed by atoms with E-state index in [-0.39, 0.29) is 36.2 Å². The van der Waals surface area contributed by atoms with Gasteiger partial charge in [-0.15, -0.1) is 0 Å². The molecule has 12 nitrogen and oxygen atoms in total. The molecule has 192 valence electrons. The molecule has 0 spiro atoms. The predicted molar refractivity (Wildman–Crippen MR) is 125 cm³/mol. The van der Waals surface area contributed by atoms with Gasteiger partial charge in [-0.1, -0.05) is 27.7 Å². The van der Waals surface area contributed by atoms with Gasteiger partial charge in [0.05, 0.1) is 17.1 Å². The molecule has 13 heteroatoms. The third kappa shape index (κ3) is 4.56. The molecule has 0 aliphatic carbocycles. The van der Waals surface area contributed by atoms with Gasteiger partial charge >= 0.3 is 7.60 Å². The fourth-order valence-corrected chi connectivity index (χ4v) is 6.29. The van der Waals surface area contributed by atoms with E-state index in [1.54, 1.807) is 27.7 Å². The molecule has 1 aliphatic heterocycles. The molecule has 1 saturated heterocycles. The molecule has 3 heterocycles. The van der Waals surface area contributed by atoms with Crippen molar-refractivity contribution in [3.05, 3.63) is 22.6 Å². The second kappa shape index (κ2) is 9.69. The van der Waals surface area contributed by atoms with Crippen LogP contribution in [0.5, 0.6) is 0 Å². The number of ether oxygens (including phenoxy) is 1. The first kappa shape index (κ1) is 26.8. The highest BCUT2D eigenvalue weighted by molar-refractivity contribution is 7.54. The summed E-state index contributed by atoms with van der Waals surface area (Å²) in [5.41, 5.74) is 4.18. The number of rotatable bonds is 10. The Morgan fingerprint density at radius 1 is 1.21 bits per heavy atom. The van der Waals surface area contributed by atoms with Gasteiger partial charge in [-0.05, 0) is 31.7 Å². The van der Waals surface area contributed by atoms with E-state index in [0.717, 1.165) is 0 Å². The second-order valence-electron chi connectivity index (χ2n) is 8.85. The van der Waals surface area contributed by atoms with Gasteiger partial charge in [0.25, 0.3) is 5.56 Å². The Balaban J connectivity index is 1.90. The molecule has 0 bridgehead atoms. The number of hydrogen-bond acceptors (Lipinski definition) is 9. The number of fused-ring (bicyclic) bond motifs is 1. The van der Waals surface area contributed by atoms with E-state index in [1.165, 1.54) is 16.8 Å². The summed E-state index contributed by atoms with van der Waals surface area (Å²) in [7, 11) is -4.48. The highest BCUT2D eigenvalue weighted by Crippen LogP contribution is 2.61. The fraction of sp³-hybridized carbons (Fsp3) is 0.714. The lowest BCUT2D eigenvalue weighted by Crippen LogP contribution is -2.42. The van der Waals surface area contributed by atoms with Crippen molar-refractivity contribution in [2.24, 2.45) is 0 Å². The largest absolute Gasteiger partial charge is 0.388 e. The summed E-state index contributed by atoms with van der Waals surface area (Å²) in [4.78, 5) is 29.3. The maximum Gasteiger partial charge on any atom is 0.359 e. The number of hydrogen-bond donors (Lipinski definition) is 6. The summed E-state index contributed by atoms with van der Waals surface area (Å²) < 4.78 is 26.2. The van der Waals surface area contributed by atoms with Crippen molar-refractivity contribution in [2.45, 2.75) is 95.3 Å². The molecule has 1 fully saturated rings. The van der Waals surface area contributed by atoms with Crippen LogP contribution in [0, 0.1) is 0 Å². The predicted octanol–water partition coefficient (Wildman–Crippen LogP) is 1.59.